The first-order valence-corrected chi connectivity index (χ1v) is 13.3. The molecule has 0 aliphatic heterocycles. The lowest BCUT2D eigenvalue weighted by molar-refractivity contribution is 0.183. The molecule has 2 aromatic carbocycles. The van der Waals surface area contributed by atoms with Crippen LogP contribution in [0.4, 0.5) is 25.2 Å². The van der Waals surface area contributed by atoms with Gasteiger partial charge in [-0.2, -0.15) is 5.10 Å². The third-order valence-corrected chi connectivity index (χ3v) is 6.24. The molecule has 0 aliphatic rings. The second-order valence-electron chi connectivity index (χ2n) is 9.50. The van der Waals surface area contributed by atoms with Crippen molar-refractivity contribution in [3.05, 3.63) is 77.9 Å². The highest BCUT2D eigenvalue weighted by atomic mass is 19.1. The molecule has 0 aliphatic carbocycles. The monoisotopic (exact) mass is 590 g/mol. The number of aromatic nitrogens is 6. The van der Waals surface area contributed by atoms with Crippen LogP contribution in [0.15, 0.2) is 54.9 Å². The quantitative estimate of drug-likeness (QED) is 0.190. The molecule has 3 N–H and O–H groups in total. The van der Waals surface area contributed by atoms with Crippen molar-refractivity contribution in [1.29, 1.82) is 0 Å². The molecular weight excluding hydrogens is 562 g/mol. The fourth-order valence-corrected chi connectivity index (χ4v) is 4.34. The Balaban J connectivity index is 1.53. The van der Waals surface area contributed by atoms with Crippen LogP contribution in [-0.4, -0.2) is 60.2 Å². The van der Waals surface area contributed by atoms with Crippen molar-refractivity contribution in [3.63, 3.8) is 0 Å². The van der Waals surface area contributed by atoms with E-state index in [-0.39, 0.29) is 48.5 Å². The Morgan fingerprint density at radius 1 is 1.09 bits per heavy atom. The van der Waals surface area contributed by atoms with Gasteiger partial charge in [0.05, 0.1) is 30.9 Å². The first-order valence-electron chi connectivity index (χ1n) is 13.3. The van der Waals surface area contributed by atoms with Crippen LogP contribution in [0.3, 0.4) is 0 Å². The summed E-state index contributed by atoms with van der Waals surface area (Å²) in [6, 6.07) is 10.6. The molecule has 1 amide bonds. The molecule has 0 saturated heterocycles. The fourth-order valence-electron chi connectivity index (χ4n) is 4.34. The van der Waals surface area contributed by atoms with Crippen molar-refractivity contribution in [2.75, 3.05) is 18.5 Å². The summed E-state index contributed by atoms with van der Waals surface area (Å²) in [5, 5.41) is 19.7. The van der Waals surface area contributed by atoms with E-state index >= 15 is 0 Å². The van der Waals surface area contributed by atoms with Crippen LogP contribution >= 0.6 is 0 Å². The molecule has 5 rings (SSSR count). The third-order valence-electron chi connectivity index (χ3n) is 6.24. The van der Waals surface area contributed by atoms with Crippen molar-refractivity contribution >= 4 is 28.6 Å². The van der Waals surface area contributed by atoms with Gasteiger partial charge in [0.1, 0.15) is 41.3 Å². The Morgan fingerprint density at radius 2 is 1.86 bits per heavy atom. The number of fused-ring (bicyclic) bond motifs is 1. The number of ether oxygens (including phenoxy) is 2. The Labute approximate surface area is 244 Å². The maximum Gasteiger partial charge on any atom is 0.404 e. The standard InChI is InChI=1S/C29H28F2N8O4/c1-4-42-18-11-21(30)20(22(31)12-18)14-39-23-8-6-5-7-19(23)26(38-39)28-33-13-24(43-15-16(2)34-29(40)41)27(37-28)36-25-9-10-32-17(3)35-25/h5-13,16,34H,4,14-15H2,1-3H3,(H,40,41)(H,32,33,35,36,37)/t16-/m0/s1. The summed E-state index contributed by atoms with van der Waals surface area (Å²) in [4.78, 5) is 28.6. The van der Waals surface area contributed by atoms with E-state index in [1.165, 1.54) is 10.9 Å². The maximum absolute atomic E-state index is 14.9. The van der Waals surface area contributed by atoms with Gasteiger partial charge in [0.2, 0.25) is 0 Å². The number of halogens is 2. The normalized spacial score (nSPS) is 11.7. The summed E-state index contributed by atoms with van der Waals surface area (Å²) in [6.45, 7) is 5.21. The molecule has 222 valence electrons. The van der Waals surface area contributed by atoms with Crippen LogP contribution in [-0.2, 0) is 6.54 Å². The number of nitrogens with one attached hydrogen (secondary N) is 2. The smallest absolute Gasteiger partial charge is 0.404 e. The van der Waals surface area contributed by atoms with E-state index in [9.17, 15) is 13.6 Å². The molecule has 3 aromatic heterocycles. The van der Waals surface area contributed by atoms with E-state index < -0.39 is 23.8 Å². The van der Waals surface area contributed by atoms with Gasteiger partial charge >= 0.3 is 6.09 Å². The lowest BCUT2D eigenvalue weighted by atomic mass is 10.1. The molecule has 5 aromatic rings. The molecule has 0 radical (unpaired) electrons. The first kappa shape index (κ1) is 29.1. The van der Waals surface area contributed by atoms with Crippen LogP contribution in [0, 0.1) is 18.6 Å². The lowest BCUT2D eigenvalue weighted by Crippen LogP contribution is -2.35. The molecule has 12 nitrogen and oxygen atoms in total. The van der Waals surface area contributed by atoms with Crippen LogP contribution in [0.1, 0.15) is 25.2 Å². The minimum Gasteiger partial charge on any atom is -0.494 e. The highest BCUT2D eigenvalue weighted by molar-refractivity contribution is 5.92. The number of nitrogens with zero attached hydrogens (tertiary/aromatic N) is 6. The van der Waals surface area contributed by atoms with Crippen molar-refractivity contribution in [2.24, 2.45) is 0 Å². The van der Waals surface area contributed by atoms with E-state index in [4.69, 9.17) is 14.6 Å². The number of hydrogen-bond acceptors (Lipinski definition) is 9. The highest BCUT2D eigenvalue weighted by Crippen LogP contribution is 2.32. The minimum absolute atomic E-state index is 0.00323. The zero-order valence-electron chi connectivity index (χ0n) is 23.5. The summed E-state index contributed by atoms with van der Waals surface area (Å²) in [7, 11) is 0. The average Bonchev–Trinajstić information content (AvgIpc) is 3.32. The molecule has 3 heterocycles. The van der Waals surface area contributed by atoms with Gasteiger partial charge in [-0.25, -0.2) is 33.5 Å². The van der Waals surface area contributed by atoms with E-state index in [1.54, 1.807) is 45.2 Å². The van der Waals surface area contributed by atoms with E-state index in [0.717, 1.165) is 12.1 Å². The minimum atomic E-state index is -1.18. The Morgan fingerprint density at radius 3 is 2.58 bits per heavy atom. The fraction of sp³-hybridized carbons (Fsp3) is 0.241. The van der Waals surface area contributed by atoms with Gasteiger partial charge < -0.3 is 25.2 Å². The molecule has 43 heavy (non-hydrogen) atoms. The van der Waals surface area contributed by atoms with Gasteiger partial charge in [0, 0.05) is 29.3 Å². The number of anilines is 2. The average molecular weight is 591 g/mol. The van der Waals surface area contributed by atoms with Gasteiger partial charge in [0.15, 0.2) is 17.4 Å². The number of rotatable bonds is 11. The summed E-state index contributed by atoms with van der Waals surface area (Å²) in [6.07, 6.45) is 1.84. The molecule has 0 spiro atoms. The maximum atomic E-state index is 14.9. The van der Waals surface area contributed by atoms with Crippen molar-refractivity contribution in [3.8, 4) is 23.0 Å². The second-order valence-corrected chi connectivity index (χ2v) is 9.50. The highest BCUT2D eigenvalue weighted by Gasteiger charge is 2.20. The Hall–Kier alpha value is -5.40. The third kappa shape index (κ3) is 6.74. The molecule has 0 unspecified atom stereocenters. The first-order chi connectivity index (χ1) is 20.7. The number of hydrogen-bond donors (Lipinski definition) is 3. The molecule has 0 saturated carbocycles. The molecular formula is C29H28F2N8O4. The number of aryl methyl sites for hydroxylation is 1. The van der Waals surface area contributed by atoms with Crippen molar-refractivity contribution in [2.45, 2.75) is 33.4 Å². The lowest BCUT2D eigenvalue weighted by Gasteiger charge is -2.16. The number of carboxylic acid groups (broad SMARTS) is 1. The molecule has 0 fully saturated rings. The van der Waals surface area contributed by atoms with Crippen LogP contribution in [0.2, 0.25) is 0 Å². The van der Waals surface area contributed by atoms with Crippen LogP contribution < -0.4 is 20.1 Å². The van der Waals surface area contributed by atoms with Gasteiger partial charge in [-0.15, -0.1) is 0 Å². The zero-order chi connectivity index (χ0) is 30.5. The van der Waals surface area contributed by atoms with Crippen molar-refractivity contribution in [1.82, 2.24) is 35.0 Å². The molecule has 14 heteroatoms. The van der Waals surface area contributed by atoms with Gasteiger partial charge in [-0.1, -0.05) is 18.2 Å². The zero-order valence-corrected chi connectivity index (χ0v) is 23.5. The van der Waals surface area contributed by atoms with Crippen LogP contribution in [0.25, 0.3) is 22.4 Å². The second kappa shape index (κ2) is 12.6. The molecule has 1 atom stereocenters. The topological polar surface area (TPSA) is 149 Å². The number of carbonyl (C=O) groups is 1. The summed E-state index contributed by atoms with van der Waals surface area (Å²) in [5.41, 5.74) is 0.818. The van der Waals surface area contributed by atoms with Gasteiger partial charge in [-0.05, 0) is 32.9 Å². The van der Waals surface area contributed by atoms with Gasteiger partial charge in [0.25, 0.3) is 0 Å². The number of benzene rings is 2. The van der Waals surface area contributed by atoms with Gasteiger partial charge in [-0.3, -0.25) is 4.68 Å². The summed E-state index contributed by atoms with van der Waals surface area (Å²) >= 11 is 0. The Kier molecular flexibility index (Phi) is 8.55. The number of amides is 1. The summed E-state index contributed by atoms with van der Waals surface area (Å²) < 4.78 is 42.4. The number of para-hydroxylation sites is 1. The largest absolute Gasteiger partial charge is 0.494 e. The van der Waals surface area contributed by atoms with Crippen molar-refractivity contribution < 1.29 is 28.2 Å². The Bertz CT molecular complexity index is 1760. The van der Waals surface area contributed by atoms with E-state index in [0.29, 0.717) is 28.2 Å². The van der Waals surface area contributed by atoms with E-state index in [1.807, 2.05) is 12.1 Å². The molecule has 0 bridgehead atoms. The SMILES string of the molecule is CCOc1cc(F)c(Cn2nc(-c3ncc(OC[C@H](C)NC(=O)O)c(Nc4ccnc(C)n4)n3)c3ccccc32)c(F)c1. The predicted octanol–water partition coefficient (Wildman–Crippen LogP) is 5.10. The van der Waals surface area contributed by atoms with E-state index in [2.05, 4.69) is 35.7 Å². The van der Waals surface area contributed by atoms with Crippen LogP contribution in [0.5, 0.6) is 11.5 Å². The summed E-state index contributed by atoms with van der Waals surface area (Å²) in [5.74, 6) is 0.264. The predicted molar refractivity (Wildman–Crippen MR) is 154 cm³/mol.